The van der Waals surface area contributed by atoms with Crippen molar-refractivity contribution < 1.29 is 10.1 Å². The molecule has 0 fully saturated rings. The number of carbonyl (C=O) groups is 1. The highest BCUT2D eigenvalue weighted by Crippen LogP contribution is 2.15. The number of nitrogens with one attached hydrogen (secondary N) is 1. The Kier molecular flexibility index (Phi) is 5.99. The molecule has 3 nitrogen and oxygen atoms in total. The average molecular weight is 318 g/mol. The molecule has 0 aliphatic carbocycles. The maximum atomic E-state index is 12.1. The van der Waals surface area contributed by atoms with Crippen molar-refractivity contribution >= 4 is 17.5 Å². The Morgan fingerprint density at radius 3 is 2.32 bits per heavy atom. The monoisotopic (exact) mass is 317 g/mol. The van der Waals surface area contributed by atoms with Gasteiger partial charge in [-0.25, -0.2) is 0 Å². The zero-order chi connectivity index (χ0) is 15.9. The third-order valence-electron chi connectivity index (χ3n) is 3.73. The molecule has 3 N–H and O–H groups in total. The van der Waals surface area contributed by atoms with E-state index >= 15 is 0 Å². The number of hydrogen-bond acceptors (Lipinski definition) is 1. The van der Waals surface area contributed by atoms with E-state index in [4.69, 9.17) is 11.6 Å². The van der Waals surface area contributed by atoms with Gasteiger partial charge in [0.05, 0.1) is 6.04 Å². The van der Waals surface area contributed by atoms with Gasteiger partial charge in [-0.05, 0) is 31.5 Å². The standard InChI is InChI=1S/C18H21ClN2O/c1-13(15-6-4-3-5-7-15)20-12-18(22)21-14(2)16-8-10-17(19)11-9-16/h3-11,13-14,20H,12H2,1-2H3,(H,21,22)/p+1/t13-,14+/m0/s1. The van der Waals surface area contributed by atoms with Gasteiger partial charge in [0.1, 0.15) is 6.04 Å². The molecule has 2 aromatic rings. The Balaban J connectivity index is 1.81. The van der Waals surface area contributed by atoms with Gasteiger partial charge in [0, 0.05) is 10.6 Å². The number of carbonyl (C=O) groups excluding carboxylic acids is 1. The van der Waals surface area contributed by atoms with Crippen molar-refractivity contribution in [2.75, 3.05) is 6.54 Å². The summed E-state index contributed by atoms with van der Waals surface area (Å²) < 4.78 is 0. The van der Waals surface area contributed by atoms with Crippen molar-refractivity contribution in [3.63, 3.8) is 0 Å². The van der Waals surface area contributed by atoms with E-state index in [9.17, 15) is 4.79 Å². The van der Waals surface area contributed by atoms with Gasteiger partial charge >= 0.3 is 0 Å². The second-order valence-corrected chi connectivity index (χ2v) is 5.92. The van der Waals surface area contributed by atoms with Crippen LogP contribution in [0.4, 0.5) is 0 Å². The maximum absolute atomic E-state index is 12.1. The fourth-order valence-electron chi connectivity index (χ4n) is 2.31. The number of amides is 1. The molecule has 0 aromatic heterocycles. The summed E-state index contributed by atoms with van der Waals surface area (Å²) >= 11 is 5.87. The molecule has 4 heteroatoms. The topological polar surface area (TPSA) is 45.7 Å². The minimum Gasteiger partial charge on any atom is -0.345 e. The molecule has 0 aliphatic rings. The number of nitrogens with two attached hydrogens (primary N) is 1. The molecule has 2 rings (SSSR count). The van der Waals surface area contributed by atoms with Crippen LogP contribution >= 0.6 is 11.6 Å². The lowest BCUT2D eigenvalue weighted by Gasteiger charge is -2.15. The Morgan fingerprint density at radius 2 is 1.68 bits per heavy atom. The van der Waals surface area contributed by atoms with E-state index in [-0.39, 0.29) is 18.0 Å². The van der Waals surface area contributed by atoms with Crippen molar-refractivity contribution in [2.24, 2.45) is 0 Å². The lowest BCUT2D eigenvalue weighted by atomic mass is 10.1. The van der Waals surface area contributed by atoms with Crippen LogP contribution in [0.3, 0.4) is 0 Å². The average Bonchev–Trinajstić information content (AvgIpc) is 2.54. The summed E-state index contributed by atoms with van der Waals surface area (Å²) in [7, 11) is 0. The largest absolute Gasteiger partial charge is 0.345 e. The summed E-state index contributed by atoms with van der Waals surface area (Å²) in [4.78, 5) is 12.1. The SMILES string of the molecule is C[C@H]([NH2+]CC(=O)N[C@H](C)c1ccc(Cl)cc1)c1ccccc1. The Hall–Kier alpha value is -1.84. The van der Waals surface area contributed by atoms with E-state index < -0.39 is 0 Å². The van der Waals surface area contributed by atoms with Crippen molar-refractivity contribution in [3.8, 4) is 0 Å². The Labute approximate surface area is 136 Å². The summed E-state index contributed by atoms with van der Waals surface area (Å²) in [6.07, 6.45) is 0. The molecule has 0 saturated carbocycles. The molecular formula is C18H22ClN2O+. The first-order valence-electron chi connectivity index (χ1n) is 7.49. The predicted octanol–water partition coefficient (Wildman–Crippen LogP) is 2.84. The lowest BCUT2D eigenvalue weighted by molar-refractivity contribution is -0.682. The third kappa shape index (κ3) is 4.86. The lowest BCUT2D eigenvalue weighted by Crippen LogP contribution is -2.87. The smallest absolute Gasteiger partial charge is 0.275 e. The molecule has 0 saturated heterocycles. The van der Waals surface area contributed by atoms with E-state index in [1.54, 1.807) is 0 Å². The van der Waals surface area contributed by atoms with Gasteiger partial charge < -0.3 is 10.6 Å². The van der Waals surface area contributed by atoms with Gasteiger partial charge in [0.15, 0.2) is 6.54 Å². The highest BCUT2D eigenvalue weighted by molar-refractivity contribution is 6.30. The van der Waals surface area contributed by atoms with Crippen LogP contribution in [0.2, 0.25) is 5.02 Å². The summed E-state index contributed by atoms with van der Waals surface area (Å²) in [6.45, 7) is 4.49. The zero-order valence-corrected chi connectivity index (χ0v) is 13.7. The molecule has 0 unspecified atom stereocenters. The molecule has 0 aliphatic heterocycles. The molecule has 0 radical (unpaired) electrons. The first-order chi connectivity index (χ1) is 10.6. The summed E-state index contributed by atoms with van der Waals surface area (Å²) in [5, 5.41) is 5.75. The normalized spacial score (nSPS) is 13.4. The van der Waals surface area contributed by atoms with Crippen molar-refractivity contribution in [1.82, 2.24) is 5.32 Å². The Morgan fingerprint density at radius 1 is 1.05 bits per heavy atom. The van der Waals surface area contributed by atoms with E-state index in [2.05, 4.69) is 24.4 Å². The number of benzene rings is 2. The molecular weight excluding hydrogens is 296 g/mol. The van der Waals surface area contributed by atoms with Gasteiger partial charge in [-0.15, -0.1) is 0 Å². The minimum atomic E-state index is -0.0230. The second-order valence-electron chi connectivity index (χ2n) is 5.48. The van der Waals surface area contributed by atoms with Crippen LogP contribution in [-0.2, 0) is 4.79 Å². The molecule has 22 heavy (non-hydrogen) atoms. The molecule has 1 amide bonds. The Bertz CT molecular complexity index is 598. The highest BCUT2D eigenvalue weighted by Gasteiger charge is 2.13. The van der Waals surface area contributed by atoms with Crippen molar-refractivity contribution in [1.29, 1.82) is 0 Å². The van der Waals surface area contributed by atoms with E-state index in [0.717, 1.165) is 5.56 Å². The number of halogens is 1. The highest BCUT2D eigenvalue weighted by atomic mass is 35.5. The summed E-state index contributed by atoms with van der Waals surface area (Å²) in [5.41, 5.74) is 2.27. The van der Waals surface area contributed by atoms with E-state index in [1.165, 1.54) is 5.56 Å². The molecule has 0 bridgehead atoms. The fourth-order valence-corrected chi connectivity index (χ4v) is 2.44. The van der Waals surface area contributed by atoms with Crippen LogP contribution in [0.1, 0.15) is 37.1 Å². The molecule has 0 spiro atoms. The second kappa shape index (κ2) is 7.97. The number of rotatable bonds is 6. The zero-order valence-electron chi connectivity index (χ0n) is 12.9. The van der Waals surface area contributed by atoms with E-state index in [0.29, 0.717) is 11.6 Å². The van der Waals surface area contributed by atoms with Crippen LogP contribution in [0.5, 0.6) is 0 Å². The number of quaternary nitrogens is 1. The maximum Gasteiger partial charge on any atom is 0.275 e. The molecule has 116 valence electrons. The van der Waals surface area contributed by atoms with Crippen molar-refractivity contribution in [2.45, 2.75) is 25.9 Å². The van der Waals surface area contributed by atoms with Crippen molar-refractivity contribution in [3.05, 3.63) is 70.7 Å². The van der Waals surface area contributed by atoms with Crippen LogP contribution in [-0.4, -0.2) is 12.5 Å². The van der Waals surface area contributed by atoms with E-state index in [1.807, 2.05) is 54.7 Å². The predicted molar refractivity (Wildman–Crippen MR) is 89.7 cm³/mol. The molecule has 2 aromatic carbocycles. The van der Waals surface area contributed by atoms with Gasteiger partial charge in [0.25, 0.3) is 5.91 Å². The minimum absolute atomic E-state index is 0.0230. The molecule has 0 heterocycles. The van der Waals surface area contributed by atoms with Crippen LogP contribution < -0.4 is 10.6 Å². The van der Waals surface area contributed by atoms with Gasteiger partial charge in [-0.3, -0.25) is 4.79 Å². The number of hydrogen-bond donors (Lipinski definition) is 2. The van der Waals surface area contributed by atoms with Crippen LogP contribution in [0, 0.1) is 0 Å². The summed E-state index contributed by atoms with van der Waals surface area (Å²) in [5.74, 6) is 0.0326. The van der Waals surface area contributed by atoms with Crippen LogP contribution in [0.15, 0.2) is 54.6 Å². The van der Waals surface area contributed by atoms with Crippen LogP contribution in [0.25, 0.3) is 0 Å². The first-order valence-corrected chi connectivity index (χ1v) is 7.87. The van der Waals surface area contributed by atoms with Gasteiger partial charge in [-0.2, -0.15) is 0 Å². The molecule has 2 atom stereocenters. The summed E-state index contributed by atoms with van der Waals surface area (Å²) in [6, 6.07) is 18.0. The van der Waals surface area contributed by atoms with Gasteiger partial charge in [-0.1, -0.05) is 54.1 Å². The quantitative estimate of drug-likeness (QED) is 0.845. The van der Waals surface area contributed by atoms with Gasteiger partial charge in [0.2, 0.25) is 0 Å². The first kappa shape index (κ1) is 16.5. The third-order valence-corrected chi connectivity index (χ3v) is 3.98. The fraction of sp³-hybridized carbons (Fsp3) is 0.278.